The van der Waals surface area contributed by atoms with Crippen LogP contribution in [-0.2, 0) is 0 Å². The molecule has 30 heavy (non-hydrogen) atoms. The molecule has 0 amide bonds. The van der Waals surface area contributed by atoms with Gasteiger partial charge in [-0.25, -0.2) is 23.9 Å². The van der Waals surface area contributed by atoms with E-state index in [9.17, 15) is 4.39 Å². The van der Waals surface area contributed by atoms with E-state index in [0.717, 1.165) is 43.8 Å². The number of likely N-dealkylation sites (N-methyl/N-ethyl adjacent to an activating group) is 1. The summed E-state index contributed by atoms with van der Waals surface area (Å²) in [5.74, 6) is 1.02. The second kappa shape index (κ2) is 7.79. The average molecular weight is 411 g/mol. The minimum Gasteiger partial charge on any atom is -0.495 e. The fourth-order valence-corrected chi connectivity index (χ4v) is 4.57. The van der Waals surface area contributed by atoms with Crippen molar-refractivity contribution in [1.82, 2.24) is 29.5 Å². The Balaban J connectivity index is 1.54. The van der Waals surface area contributed by atoms with Crippen molar-refractivity contribution in [3.05, 3.63) is 30.0 Å². The number of ether oxygens (including phenoxy) is 1. The van der Waals surface area contributed by atoms with E-state index < -0.39 is 5.82 Å². The van der Waals surface area contributed by atoms with Gasteiger partial charge in [-0.05, 0) is 32.9 Å². The molecule has 3 aromatic heterocycles. The molecule has 1 saturated carbocycles. The Morgan fingerprint density at radius 2 is 2.00 bits per heavy atom. The Kier molecular flexibility index (Phi) is 4.98. The van der Waals surface area contributed by atoms with Crippen LogP contribution in [0.1, 0.15) is 43.7 Å². The van der Waals surface area contributed by atoms with Crippen LogP contribution in [0, 0.1) is 5.82 Å². The lowest BCUT2D eigenvalue weighted by molar-refractivity contribution is 0.399. The standard InChI is InChI=1S/C21H26FN7O/c1-28-8-7-14(12-28)25-21-24-10-15(22)20(26-21)16-11-23-18-9-17(30-2)19(27-29(16)18)13-5-3-4-6-13/h9-11,13-14H,3-8,12H2,1-2H3,(H,24,25,26). The van der Waals surface area contributed by atoms with Gasteiger partial charge in [0.15, 0.2) is 11.5 Å². The molecule has 3 aromatic rings. The number of nitrogens with one attached hydrogen (secondary N) is 1. The van der Waals surface area contributed by atoms with Gasteiger partial charge in [0.05, 0.1) is 19.5 Å². The van der Waals surface area contributed by atoms with Crippen molar-refractivity contribution in [2.75, 3.05) is 32.6 Å². The number of fused-ring (bicyclic) bond motifs is 1. The Morgan fingerprint density at radius 1 is 1.17 bits per heavy atom. The van der Waals surface area contributed by atoms with Crippen LogP contribution in [0.4, 0.5) is 10.3 Å². The van der Waals surface area contributed by atoms with Crippen LogP contribution in [0.2, 0.25) is 0 Å². The molecule has 0 spiro atoms. The van der Waals surface area contributed by atoms with Crippen molar-refractivity contribution in [2.45, 2.75) is 44.1 Å². The molecule has 2 aliphatic rings. The van der Waals surface area contributed by atoms with Gasteiger partial charge in [0, 0.05) is 24.6 Å². The summed E-state index contributed by atoms with van der Waals surface area (Å²) in [6, 6.07) is 2.13. The molecule has 1 aliphatic heterocycles. The smallest absolute Gasteiger partial charge is 0.223 e. The van der Waals surface area contributed by atoms with Crippen molar-refractivity contribution in [2.24, 2.45) is 0 Å². The van der Waals surface area contributed by atoms with Crippen LogP contribution >= 0.6 is 0 Å². The molecular weight excluding hydrogens is 385 g/mol. The molecule has 2 fully saturated rings. The number of likely N-dealkylation sites (tertiary alicyclic amines) is 1. The van der Waals surface area contributed by atoms with E-state index in [4.69, 9.17) is 9.84 Å². The molecule has 0 bridgehead atoms. The number of nitrogens with zero attached hydrogens (tertiary/aromatic N) is 6. The van der Waals surface area contributed by atoms with Gasteiger partial charge in [0.25, 0.3) is 0 Å². The summed E-state index contributed by atoms with van der Waals surface area (Å²) >= 11 is 0. The third-order valence-corrected chi connectivity index (χ3v) is 6.16. The lowest BCUT2D eigenvalue weighted by atomic mass is 10.0. The molecule has 0 radical (unpaired) electrons. The molecule has 5 rings (SSSR count). The Morgan fingerprint density at radius 3 is 2.73 bits per heavy atom. The summed E-state index contributed by atoms with van der Waals surface area (Å²) in [4.78, 5) is 15.3. The van der Waals surface area contributed by atoms with Crippen LogP contribution in [0.15, 0.2) is 18.5 Å². The lowest BCUT2D eigenvalue weighted by Crippen LogP contribution is -2.24. The molecule has 1 aliphatic carbocycles. The SMILES string of the molecule is COc1cc2ncc(-c3nc(NC4CCN(C)C4)ncc3F)n2nc1C1CCCC1. The number of methoxy groups -OCH3 is 1. The predicted octanol–water partition coefficient (Wildman–Crippen LogP) is 3.11. The van der Waals surface area contributed by atoms with Gasteiger partial charge in [-0.1, -0.05) is 12.8 Å². The summed E-state index contributed by atoms with van der Waals surface area (Å²) in [6.07, 6.45) is 8.39. The van der Waals surface area contributed by atoms with E-state index in [1.807, 2.05) is 6.07 Å². The Labute approximate surface area is 174 Å². The molecule has 158 valence electrons. The van der Waals surface area contributed by atoms with E-state index in [1.54, 1.807) is 17.8 Å². The third kappa shape index (κ3) is 3.47. The zero-order valence-electron chi connectivity index (χ0n) is 17.3. The Hall–Kier alpha value is -2.81. The van der Waals surface area contributed by atoms with E-state index in [0.29, 0.717) is 23.2 Å². The van der Waals surface area contributed by atoms with Gasteiger partial charge in [-0.2, -0.15) is 5.10 Å². The summed E-state index contributed by atoms with van der Waals surface area (Å²) in [6.45, 7) is 1.94. The largest absolute Gasteiger partial charge is 0.495 e. The van der Waals surface area contributed by atoms with Crippen LogP contribution in [0.25, 0.3) is 17.0 Å². The maximum absolute atomic E-state index is 14.7. The van der Waals surface area contributed by atoms with E-state index in [1.165, 1.54) is 19.0 Å². The van der Waals surface area contributed by atoms with Gasteiger partial charge in [-0.15, -0.1) is 0 Å². The number of imidazole rings is 1. The zero-order chi connectivity index (χ0) is 20.7. The summed E-state index contributed by atoms with van der Waals surface area (Å²) in [7, 11) is 3.73. The van der Waals surface area contributed by atoms with Gasteiger partial charge in [0.1, 0.15) is 22.8 Å². The first kappa shape index (κ1) is 19.2. The van der Waals surface area contributed by atoms with E-state index in [-0.39, 0.29) is 11.7 Å². The topological polar surface area (TPSA) is 80.5 Å². The summed E-state index contributed by atoms with van der Waals surface area (Å²) < 4.78 is 22.0. The normalized spacial score (nSPS) is 20.3. The zero-order valence-corrected chi connectivity index (χ0v) is 17.3. The molecule has 9 heteroatoms. The lowest BCUT2D eigenvalue weighted by Gasteiger charge is -2.15. The first-order chi connectivity index (χ1) is 14.6. The average Bonchev–Trinajstić information content (AvgIpc) is 3.49. The molecule has 1 atom stereocenters. The highest BCUT2D eigenvalue weighted by molar-refractivity contribution is 5.62. The van der Waals surface area contributed by atoms with Crippen molar-refractivity contribution in [3.63, 3.8) is 0 Å². The van der Waals surface area contributed by atoms with Crippen LogP contribution in [0.5, 0.6) is 5.75 Å². The first-order valence-corrected chi connectivity index (χ1v) is 10.5. The van der Waals surface area contributed by atoms with E-state index in [2.05, 4.69) is 32.2 Å². The quantitative estimate of drug-likeness (QED) is 0.691. The monoisotopic (exact) mass is 411 g/mol. The number of rotatable bonds is 5. The molecular formula is C21H26FN7O. The highest BCUT2D eigenvalue weighted by Gasteiger charge is 2.25. The molecule has 1 N–H and O–H groups in total. The minimum absolute atomic E-state index is 0.196. The predicted molar refractivity (Wildman–Crippen MR) is 111 cm³/mol. The number of halogens is 1. The maximum Gasteiger partial charge on any atom is 0.223 e. The van der Waals surface area contributed by atoms with Crippen LogP contribution < -0.4 is 10.1 Å². The van der Waals surface area contributed by atoms with Crippen molar-refractivity contribution in [3.8, 4) is 17.1 Å². The molecule has 1 saturated heterocycles. The summed E-state index contributed by atoms with van der Waals surface area (Å²) in [5.41, 5.74) is 2.22. The van der Waals surface area contributed by atoms with Crippen molar-refractivity contribution < 1.29 is 9.13 Å². The van der Waals surface area contributed by atoms with Crippen LogP contribution in [-0.4, -0.2) is 62.8 Å². The first-order valence-electron chi connectivity index (χ1n) is 10.5. The number of aromatic nitrogens is 5. The fraction of sp³-hybridized carbons (Fsp3) is 0.524. The minimum atomic E-state index is -0.495. The Bertz CT molecular complexity index is 1060. The van der Waals surface area contributed by atoms with Gasteiger partial charge in [-0.3, -0.25) is 0 Å². The fourth-order valence-electron chi connectivity index (χ4n) is 4.57. The molecule has 4 heterocycles. The molecule has 0 aromatic carbocycles. The third-order valence-electron chi connectivity index (χ3n) is 6.16. The molecule has 1 unspecified atom stereocenters. The van der Waals surface area contributed by atoms with Gasteiger partial charge in [0.2, 0.25) is 5.95 Å². The highest BCUT2D eigenvalue weighted by Crippen LogP contribution is 2.38. The van der Waals surface area contributed by atoms with Gasteiger partial charge >= 0.3 is 0 Å². The van der Waals surface area contributed by atoms with Crippen LogP contribution in [0.3, 0.4) is 0 Å². The van der Waals surface area contributed by atoms with Crippen molar-refractivity contribution in [1.29, 1.82) is 0 Å². The maximum atomic E-state index is 14.7. The second-order valence-electron chi connectivity index (χ2n) is 8.28. The molecule has 8 nitrogen and oxygen atoms in total. The number of hydrogen-bond acceptors (Lipinski definition) is 7. The number of hydrogen-bond donors (Lipinski definition) is 1. The second-order valence-corrected chi connectivity index (χ2v) is 8.28. The van der Waals surface area contributed by atoms with E-state index >= 15 is 0 Å². The summed E-state index contributed by atoms with van der Waals surface area (Å²) in [5, 5.41) is 8.15. The van der Waals surface area contributed by atoms with Gasteiger partial charge < -0.3 is 15.0 Å². The highest BCUT2D eigenvalue weighted by atomic mass is 19.1. The van der Waals surface area contributed by atoms with Crippen molar-refractivity contribution >= 4 is 11.6 Å². The number of anilines is 1.